The summed E-state index contributed by atoms with van der Waals surface area (Å²) < 4.78 is 80.0. The van der Waals surface area contributed by atoms with Crippen molar-refractivity contribution in [3.05, 3.63) is 94.8 Å². The molecule has 0 aliphatic heterocycles. The van der Waals surface area contributed by atoms with Crippen LogP contribution in [-0.4, -0.2) is 55.2 Å². The molecule has 0 amide bonds. The minimum atomic E-state index is -4.88. The minimum absolute atomic E-state index is 0.0487. The number of halogens is 3. The van der Waals surface area contributed by atoms with E-state index < -0.39 is 33.5 Å². The first-order valence-corrected chi connectivity index (χ1v) is 15.6. The molecule has 234 valence electrons. The molecule has 0 atom stereocenters. The number of pyridine rings is 1. The first-order chi connectivity index (χ1) is 20.9. The van der Waals surface area contributed by atoms with E-state index in [1.54, 1.807) is 12.1 Å². The van der Waals surface area contributed by atoms with Gasteiger partial charge in [-0.15, -0.1) is 0 Å². The molecule has 0 fully saturated rings. The second-order valence-corrected chi connectivity index (χ2v) is 11.5. The molecule has 2 heterocycles. The molecule has 13 heteroatoms. The minimum Gasteiger partial charge on any atom is -0.493 e. The Labute approximate surface area is 253 Å². The van der Waals surface area contributed by atoms with Crippen LogP contribution in [0.3, 0.4) is 0 Å². The number of aromatic nitrogens is 3. The van der Waals surface area contributed by atoms with E-state index in [0.29, 0.717) is 42.0 Å². The molecule has 0 saturated carbocycles. The van der Waals surface area contributed by atoms with E-state index in [1.165, 1.54) is 13.0 Å². The van der Waals surface area contributed by atoms with Crippen LogP contribution in [0.4, 0.5) is 13.2 Å². The maximum absolute atomic E-state index is 14.0. The van der Waals surface area contributed by atoms with Gasteiger partial charge in [0.25, 0.3) is 10.1 Å². The summed E-state index contributed by atoms with van der Waals surface area (Å²) >= 11 is 0. The van der Waals surface area contributed by atoms with Crippen molar-refractivity contribution in [2.24, 2.45) is 0 Å². The van der Waals surface area contributed by atoms with Gasteiger partial charge in [0.15, 0.2) is 11.5 Å². The average molecular weight is 632 g/mol. The molecule has 0 saturated heterocycles. The van der Waals surface area contributed by atoms with Gasteiger partial charge in [-0.1, -0.05) is 36.4 Å². The number of carbonyl (C=O) groups is 1. The smallest absolute Gasteiger partial charge is 0.434 e. The fourth-order valence-electron chi connectivity index (χ4n) is 4.60. The Hall–Kier alpha value is -4.23. The summed E-state index contributed by atoms with van der Waals surface area (Å²) in [7, 11) is -3.48. The highest BCUT2D eigenvalue weighted by Crippen LogP contribution is 2.34. The van der Waals surface area contributed by atoms with Gasteiger partial charge in [-0.3, -0.25) is 4.18 Å². The zero-order valence-electron chi connectivity index (χ0n) is 24.4. The maximum atomic E-state index is 14.0. The SMILES string of the molecule is CCOC(=O)c1cnn(-c2cccc(-c3ccccc3CCc3ccc(OCCCOS(C)(=O)=O)cc3C)n2)c1C(F)(F)F. The summed E-state index contributed by atoms with van der Waals surface area (Å²) in [6.07, 6.45) is -1.29. The number of esters is 1. The molecule has 4 aromatic rings. The van der Waals surface area contributed by atoms with Crippen LogP contribution in [0.25, 0.3) is 17.1 Å². The standard InChI is InChI=1S/C31H32F3N3O6S/c1-4-41-30(38)26-20-35-37(29(26)31(32,33)34)28-12-7-11-27(36-28)25-10-6-5-9-23(25)14-13-22-15-16-24(19-21(22)2)42-17-8-18-43-44(3,39)40/h5-7,9-12,15-16,19-20H,4,8,13-14,17-18H2,1-3H3. The molecule has 0 unspecified atom stereocenters. The van der Waals surface area contributed by atoms with Crippen LogP contribution in [0.5, 0.6) is 5.75 Å². The highest BCUT2D eigenvalue weighted by atomic mass is 32.2. The number of aryl methyl sites for hydroxylation is 3. The van der Waals surface area contributed by atoms with Crippen LogP contribution >= 0.6 is 0 Å². The van der Waals surface area contributed by atoms with E-state index in [-0.39, 0.29) is 19.0 Å². The summed E-state index contributed by atoms with van der Waals surface area (Å²) in [6, 6.07) is 18.0. The number of rotatable bonds is 13. The summed E-state index contributed by atoms with van der Waals surface area (Å²) in [4.78, 5) is 16.7. The van der Waals surface area contributed by atoms with Crippen molar-refractivity contribution in [2.45, 2.75) is 39.3 Å². The summed E-state index contributed by atoms with van der Waals surface area (Å²) in [5.41, 5.74) is 2.34. The Morgan fingerprint density at radius 2 is 1.73 bits per heavy atom. The van der Waals surface area contributed by atoms with Crippen LogP contribution in [0.2, 0.25) is 0 Å². The van der Waals surface area contributed by atoms with Gasteiger partial charge in [0, 0.05) is 12.0 Å². The van der Waals surface area contributed by atoms with E-state index >= 15 is 0 Å². The van der Waals surface area contributed by atoms with Crippen molar-refractivity contribution < 1.29 is 40.0 Å². The normalized spacial score (nSPS) is 11.9. The van der Waals surface area contributed by atoms with E-state index in [1.807, 2.05) is 49.4 Å². The lowest BCUT2D eigenvalue weighted by Crippen LogP contribution is -2.19. The summed E-state index contributed by atoms with van der Waals surface area (Å²) in [5, 5.41) is 3.84. The first kappa shape index (κ1) is 32.7. The second-order valence-electron chi connectivity index (χ2n) is 9.89. The molecule has 0 aliphatic carbocycles. The Morgan fingerprint density at radius 3 is 2.43 bits per heavy atom. The molecule has 44 heavy (non-hydrogen) atoms. The van der Waals surface area contributed by atoms with Gasteiger partial charge in [-0.05, 0) is 67.6 Å². The highest BCUT2D eigenvalue weighted by molar-refractivity contribution is 7.85. The average Bonchev–Trinajstić information content (AvgIpc) is 3.43. The molecule has 2 aromatic heterocycles. The van der Waals surface area contributed by atoms with Gasteiger partial charge in [-0.2, -0.15) is 26.7 Å². The zero-order chi connectivity index (χ0) is 31.9. The quantitative estimate of drug-likeness (QED) is 0.101. The van der Waals surface area contributed by atoms with Crippen molar-refractivity contribution in [2.75, 3.05) is 26.1 Å². The van der Waals surface area contributed by atoms with E-state index in [4.69, 9.17) is 13.7 Å². The highest BCUT2D eigenvalue weighted by Gasteiger charge is 2.41. The number of alkyl halides is 3. The molecular weight excluding hydrogens is 599 g/mol. The van der Waals surface area contributed by atoms with Crippen molar-refractivity contribution in [1.29, 1.82) is 0 Å². The molecule has 0 aliphatic rings. The Kier molecular flexibility index (Phi) is 10.4. The van der Waals surface area contributed by atoms with Crippen molar-refractivity contribution in [3.8, 4) is 22.8 Å². The Bertz CT molecular complexity index is 1720. The Balaban J connectivity index is 1.51. The molecule has 0 N–H and O–H groups in total. The third-order valence-corrected chi connectivity index (χ3v) is 7.21. The lowest BCUT2D eigenvalue weighted by atomic mass is 9.96. The lowest BCUT2D eigenvalue weighted by Gasteiger charge is -2.14. The zero-order valence-corrected chi connectivity index (χ0v) is 25.2. The molecule has 4 rings (SSSR count). The monoisotopic (exact) mass is 631 g/mol. The van der Waals surface area contributed by atoms with Crippen LogP contribution in [0.1, 0.15) is 46.1 Å². The fraction of sp³-hybridized carbons (Fsp3) is 0.323. The van der Waals surface area contributed by atoms with Crippen molar-refractivity contribution in [3.63, 3.8) is 0 Å². The second kappa shape index (κ2) is 14.0. The van der Waals surface area contributed by atoms with E-state index in [9.17, 15) is 26.4 Å². The van der Waals surface area contributed by atoms with Crippen LogP contribution in [-0.2, 0) is 38.1 Å². The maximum Gasteiger partial charge on any atom is 0.434 e. The number of hydrogen-bond donors (Lipinski definition) is 0. The third-order valence-electron chi connectivity index (χ3n) is 6.61. The molecule has 0 bridgehead atoms. The van der Waals surface area contributed by atoms with Crippen molar-refractivity contribution in [1.82, 2.24) is 14.8 Å². The van der Waals surface area contributed by atoms with Crippen LogP contribution in [0, 0.1) is 6.92 Å². The Morgan fingerprint density at radius 1 is 0.977 bits per heavy atom. The van der Waals surface area contributed by atoms with Gasteiger partial charge in [0.2, 0.25) is 0 Å². The molecule has 0 spiro atoms. The molecule has 9 nitrogen and oxygen atoms in total. The van der Waals surface area contributed by atoms with Gasteiger partial charge in [0.05, 0.1) is 38.0 Å². The number of hydrogen-bond acceptors (Lipinski definition) is 8. The van der Waals surface area contributed by atoms with Crippen LogP contribution in [0.15, 0.2) is 66.9 Å². The molecule has 0 radical (unpaired) electrons. The lowest BCUT2D eigenvalue weighted by molar-refractivity contribution is -0.143. The number of benzene rings is 2. The third kappa shape index (κ3) is 8.44. The summed E-state index contributed by atoms with van der Waals surface area (Å²) in [5.74, 6) is -0.536. The fourth-order valence-corrected chi connectivity index (χ4v) is 5.02. The number of nitrogens with zero attached hydrogens (tertiary/aromatic N) is 3. The van der Waals surface area contributed by atoms with E-state index in [2.05, 4.69) is 10.1 Å². The van der Waals surface area contributed by atoms with Gasteiger partial charge < -0.3 is 9.47 Å². The summed E-state index contributed by atoms with van der Waals surface area (Å²) in [6.45, 7) is 3.76. The number of ether oxygens (including phenoxy) is 2. The largest absolute Gasteiger partial charge is 0.493 e. The first-order valence-electron chi connectivity index (χ1n) is 13.8. The molecule has 2 aromatic carbocycles. The molecular formula is C31H32F3N3O6S. The topological polar surface area (TPSA) is 110 Å². The van der Waals surface area contributed by atoms with Crippen molar-refractivity contribution >= 4 is 16.1 Å². The van der Waals surface area contributed by atoms with Gasteiger partial charge in [-0.25, -0.2) is 14.5 Å². The number of carbonyl (C=O) groups excluding carboxylic acids is 1. The predicted molar refractivity (Wildman–Crippen MR) is 157 cm³/mol. The predicted octanol–water partition coefficient (Wildman–Crippen LogP) is 5.97. The van der Waals surface area contributed by atoms with E-state index in [0.717, 1.165) is 34.7 Å². The van der Waals surface area contributed by atoms with Crippen LogP contribution < -0.4 is 4.74 Å². The van der Waals surface area contributed by atoms with Gasteiger partial charge >= 0.3 is 12.1 Å². The van der Waals surface area contributed by atoms with Gasteiger partial charge in [0.1, 0.15) is 11.3 Å².